The van der Waals surface area contributed by atoms with Crippen molar-refractivity contribution in [3.8, 4) is 0 Å². The highest BCUT2D eigenvalue weighted by Gasteiger charge is 2.24. The summed E-state index contributed by atoms with van der Waals surface area (Å²) in [6.07, 6.45) is 0. The van der Waals surface area contributed by atoms with E-state index in [-0.39, 0.29) is 5.97 Å². The molecule has 2 N–H and O–H groups in total. The molecule has 1 aromatic heterocycles. The van der Waals surface area contributed by atoms with Crippen LogP contribution in [0.2, 0.25) is 0 Å². The Hall–Kier alpha value is -0.870. The van der Waals surface area contributed by atoms with Crippen LogP contribution in [-0.2, 0) is 11.3 Å². The van der Waals surface area contributed by atoms with Crippen LogP contribution >= 0.6 is 11.3 Å². The number of carbonyl (C=O) groups excluding carboxylic acids is 1. The van der Waals surface area contributed by atoms with E-state index in [4.69, 9.17) is 10.5 Å². The maximum Gasteiger partial charge on any atom is 0.340 e. The Morgan fingerprint density at radius 3 is 2.31 bits per heavy atom. The van der Waals surface area contributed by atoms with Gasteiger partial charge in [0.2, 0.25) is 0 Å². The second-order valence-electron chi connectivity index (χ2n) is 4.77. The minimum atomic E-state index is -0.467. The van der Waals surface area contributed by atoms with Gasteiger partial charge in [-0.3, -0.25) is 0 Å². The average molecular weight is 241 g/mol. The van der Waals surface area contributed by atoms with Gasteiger partial charge in [-0.15, -0.1) is 11.3 Å². The van der Waals surface area contributed by atoms with Crippen molar-refractivity contribution >= 4 is 17.3 Å². The zero-order chi connectivity index (χ0) is 12.5. The summed E-state index contributed by atoms with van der Waals surface area (Å²) < 4.78 is 5.37. The third-order valence-corrected chi connectivity index (χ3v) is 3.26. The number of rotatable bonds is 2. The molecule has 0 fully saturated rings. The molecular formula is C12H19NO2S. The molecule has 1 rings (SSSR count). The maximum absolute atomic E-state index is 12.0. The Balaban J connectivity index is 3.08. The van der Waals surface area contributed by atoms with Crippen LogP contribution in [0.15, 0.2) is 0 Å². The Morgan fingerprint density at radius 2 is 1.88 bits per heavy atom. The molecule has 0 unspecified atom stereocenters. The molecule has 0 saturated carbocycles. The largest absolute Gasteiger partial charge is 0.456 e. The highest BCUT2D eigenvalue weighted by atomic mass is 32.1. The number of esters is 1. The van der Waals surface area contributed by atoms with Gasteiger partial charge in [0.15, 0.2) is 0 Å². The molecule has 0 aliphatic heterocycles. The normalized spacial score (nSPS) is 11.6. The summed E-state index contributed by atoms with van der Waals surface area (Å²) in [4.78, 5) is 14.1. The number of hydrogen-bond acceptors (Lipinski definition) is 4. The lowest BCUT2D eigenvalue weighted by molar-refractivity contribution is 0.00682. The standard InChI is InChI=1S/C12H19NO2S/c1-7-9(6-13)10(8(2)16-7)11(14)15-12(3,4)5/h6,13H2,1-5H3. The summed E-state index contributed by atoms with van der Waals surface area (Å²) in [5.74, 6) is -0.269. The van der Waals surface area contributed by atoms with Crippen molar-refractivity contribution < 1.29 is 9.53 Å². The Kier molecular flexibility index (Phi) is 3.76. The molecule has 0 saturated heterocycles. The van der Waals surface area contributed by atoms with E-state index in [1.165, 1.54) is 0 Å². The van der Waals surface area contributed by atoms with Gasteiger partial charge in [0.25, 0.3) is 0 Å². The highest BCUT2D eigenvalue weighted by molar-refractivity contribution is 7.12. The second-order valence-corrected chi connectivity index (χ2v) is 6.20. The summed E-state index contributed by atoms with van der Waals surface area (Å²) in [7, 11) is 0. The van der Waals surface area contributed by atoms with E-state index in [1.807, 2.05) is 34.6 Å². The van der Waals surface area contributed by atoms with Crippen molar-refractivity contribution in [1.82, 2.24) is 0 Å². The van der Waals surface area contributed by atoms with Crippen LogP contribution in [0.4, 0.5) is 0 Å². The third-order valence-electron chi connectivity index (χ3n) is 2.19. The van der Waals surface area contributed by atoms with E-state index in [0.717, 1.165) is 15.3 Å². The van der Waals surface area contributed by atoms with Crippen molar-refractivity contribution in [3.05, 3.63) is 20.9 Å². The van der Waals surface area contributed by atoms with Gasteiger partial charge >= 0.3 is 5.97 Å². The number of aryl methyl sites for hydroxylation is 2. The zero-order valence-corrected chi connectivity index (χ0v) is 11.3. The Morgan fingerprint density at radius 1 is 1.31 bits per heavy atom. The molecule has 0 atom stereocenters. The lowest BCUT2D eigenvalue weighted by Crippen LogP contribution is -2.25. The Labute approximate surface area is 101 Å². The monoisotopic (exact) mass is 241 g/mol. The minimum absolute atomic E-state index is 0.269. The molecule has 0 radical (unpaired) electrons. The highest BCUT2D eigenvalue weighted by Crippen LogP contribution is 2.28. The van der Waals surface area contributed by atoms with Crippen molar-refractivity contribution in [1.29, 1.82) is 0 Å². The van der Waals surface area contributed by atoms with Gasteiger partial charge in [-0.1, -0.05) is 0 Å². The van der Waals surface area contributed by atoms with Crippen molar-refractivity contribution in [2.75, 3.05) is 0 Å². The fourth-order valence-corrected chi connectivity index (χ4v) is 2.65. The first kappa shape index (κ1) is 13.2. The van der Waals surface area contributed by atoms with Crippen molar-refractivity contribution in [3.63, 3.8) is 0 Å². The molecule has 0 aromatic carbocycles. The molecule has 16 heavy (non-hydrogen) atoms. The van der Waals surface area contributed by atoms with E-state index in [9.17, 15) is 4.79 Å². The van der Waals surface area contributed by atoms with Gasteiger partial charge in [0, 0.05) is 16.3 Å². The van der Waals surface area contributed by atoms with Crippen LogP contribution in [0.5, 0.6) is 0 Å². The van der Waals surface area contributed by atoms with Crippen LogP contribution in [0.1, 0.15) is 46.4 Å². The summed E-state index contributed by atoms with van der Waals surface area (Å²) >= 11 is 1.59. The SMILES string of the molecule is Cc1sc(C)c(C(=O)OC(C)(C)C)c1CN. The van der Waals surface area contributed by atoms with Crippen LogP contribution in [0.3, 0.4) is 0 Å². The lowest BCUT2D eigenvalue weighted by atomic mass is 10.1. The molecule has 3 nitrogen and oxygen atoms in total. The van der Waals surface area contributed by atoms with Gasteiger partial charge in [-0.2, -0.15) is 0 Å². The molecule has 4 heteroatoms. The van der Waals surface area contributed by atoms with E-state index in [1.54, 1.807) is 11.3 Å². The maximum atomic E-state index is 12.0. The predicted molar refractivity (Wildman–Crippen MR) is 66.9 cm³/mol. The summed E-state index contributed by atoms with van der Waals surface area (Å²) in [6.45, 7) is 9.87. The van der Waals surface area contributed by atoms with Gasteiger partial charge in [0.1, 0.15) is 5.60 Å². The molecule has 0 aliphatic carbocycles. The molecule has 0 spiro atoms. The van der Waals surface area contributed by atoms with E-state index in [0.29, 0.717) is 12.1 Å². The average Bonchev–Trinajstić information content (AvgIpc) is 2.37. The van der Waals surface area contributed by atoms with E-state index in [2.05, 4.69) is 0 Å². The van der Waals surface area contributed by atoms with Crippen LogP contribution in [-0.4, -0.2) is 11.6 Å². The summed E-state index contributed by atoms with van der Waals surface area (Å²) in [6, 6.07) is 0. The van der Waals surface area contributed by atoms with Gasteiger partial charge < -0.3 is 10.5 Å². The number of hydrogen-bond donors (Lipinski definition) is 1. The van der Waals surface area contributed by atoms with Gasteiger partial charge in [-0.05, 0) is 40.2 Å². The first-order chi connectivity index (χ1) is 7.26. The van der Waals surface area contributed by atoms with Gasteiger partial charge in [0.05, 0.1) is 5.56 Å². The Bertz CT molecular complexity index is 402. The van der Waals surface area contributed by atoms with Crippen LogP contribution in [0.25, 0.3) is 0 Å². The molecule has 1 heterocycles. The number of nitrogens with two attached hydrogens (primary N) is 1. The lowest BCUT2D eigenvalue weighted by Gasteiger charge is -2.20. The number of ether oxygens (including phenoxy) is 1. The summed E-state index contributed by atoms with van der Waals surface area (Å²) in [5.41, 5.74) is 6.76. The quantitative estimate of drug-likeness (QED) is 0.810. The second kappa shape index (κ2) is 4.55. The fourth-order valence-electron chi connectivity index (χ4n) is 1.57. The molecule has 90 valence electrons. The molecule has 1 aromatic rings. The van der Waals surface area contributed by atoms with E-state index >= 15 is 0 Å². The van der Waals surface area contributed by atoms with Crippen molar-refractivity contribution in [2.24, 2.45) is 5.73 Å². The van der Waals surface area contributed by atoms with Crippen LogP contribution in [0, 0.1) is 13.8 Å². The van der Waals surface area contributed by atoms with E-state index < -0.39 is 5.60 Å². The molecule has 0 amide bonds. The van der Waals surface area contributed by atoms with Gasteiger partial charge in [-0.25, -0.2) is 4.79 Å². The van der Waals surface area contributed by atoms with Crippen LogP contribution < -0.4 is 5.73 Å². The topological polar surface area (TPSA) is 52.3 Å². The third kappa shape index (κ3) is 2.83. The fraction of sp³-hybridized carbons (Fsp3) is 0.583. The first-order valence-corrected chi connectivity index (χ1v) is 6.10. The number of thiophene rings is 1. The molecule has 0 aliphatic rings. The zero-order valence-electron chi connectivity index (χ0n) is 10.5. The number of carbonyl (C=O) groups is 1. The first-order valence-electron chi connectivity index (χ1n) is 5.28. The smallest absolute Gasteiger partial charge is 0.340 e. The molecular weight excluding hydrogens is 222 g/mol. The predicted octanol–water partition coefficient (Wildman–Crippen LogP) is 2.78. The minimum Gasteiger partial charge on any atom is -0.456 e. The summed E-state index contributed by atoms with van der Waals surface area (Å²) in [5, 5.41) is 0. The molecule has 0 bridgehead atoms. The van der Waals surface area contributed by atoms with Crippen molar-refractivity contribution in [2.45, 2.75) is 46.8 Å².